The van der Waals surface area contributed by atoms with E-state index in [0.29, 0.717) is 26.1 Å². The third kappa shape index (κ3) is 3.41. The third-order valence-electron chi connectivity index (χ3n) is 4.81. The second kappa shape index (κ2) is 6.35. The van der Waals surface area contributed by atoms with Gasteiger partial charge in [-0.3, -0.25) is 4.79 Å². The molecule has 2 heterocycles. The highest BCUT2D eigenvalue weighted by Gasteiger charge is 2.44. The largest absolute Gasteiger partial charge is 0.416 e. The number of benzene rings is 1. The summed E-state index contributed by atoms with van der Waals surface area (Å²) < 4.78 is 58.9. The number of amides is 1. The molecule has 3 nitrogen and oxygen atoms in total. The maximum Gasteiger partial charge on any atom is 0.416 e. The maximum atomic E-state index is 15.2. The van der Waals surface area contributed by atoms with Crippen LogP contribution in [0.25, 0.3) is 0 Å². The highest BCUT2D eigenvalue weighted by Crippen LogP contribution is 2.39. The van der Waals surface area contributed by atoms with Gasteiger partial charge >= 0.3 is 6.18 Å². The number of ether oxygens (including phenoxy) is 1. The molecule has 0 aromatic heterocycles. The minimum absolute atomic E-state index is 0.0143. The number of nitrogens with zero attached hydrogens (tertiary/aromatic N) is 1. The van der Waals surface area contributed by atoms with Crippen LogP contribution in [-0.4, -0.2) is 37.1 Å². The zero-order valence-corrected chi connectivity index (χ0v) is 13.1. The molecule has 0 radical (unpaired) electrons. The van der Waals surface area contributed by atoms with E-state index >= 15 is 4.39 Å². The van der Waals surface area contributed by atoms with E-state index in [1.165, 1.54) is 17.0 Å². The molecule has 24 heavy (non-hydrogen) atoms. The molecule has 0 saturated carbocycles. The Morgan fingerprint density at radius 1 is 1.25 bits per heavy atom. The quantitative estimate of drug-likeness (QED) is 0.768. The lowest BCUT2D eigenvalue weighted by Crippen LogP contribution is -2.38. The minimum Gasteiger partial charge on any atom is -0.381 e. The lowest BCUT2D eigenvalue weighted by Gasteiger charge is -2.27. The van der Waals surface area contributed by atoms with Gasteiger partial charge in [-0.2, -0.15) is 13.2 Å². The summed E-state index contributed by atoms with van der Waals surface area (Å²) in [6.07, 6.45) is -3.28. The fourth-order valence-corrected chi connectivity index (χ4v) is 3.37. The second-order valence-corrected chi connectivity index (χ2v) is 6.44. The number of halogens is 4. The van der Waals surface area contributed by atoms with Gasteiger partial charge in [-0.15, -0.1) is 0 Å². The molecule has 2 fully saturated rings. The molecular weight excluding hydrogens is 326 g/mol. The van der Waals surface area contributed by atoms with Gasteiger partial charge in [0.2, 0.25) is 5.91 Å². The van der Waals surface area contributed by atoms with Crippen LogP contribution in [0.1, 0.15) is 30.4 Å². The third-order valence-corrected chi connectivity index (χ3v) is 4.81. The molecule has 7 heteroatoms. The van der Waals surface area contributed by atoms with Crippen molar-refractivity contribution in [2.45, 2.75) is 31.1 Å². The number of alkyl halides is 4. The van der Waals surface area contributed by atoms with Gasteiger partial charge in [0.25, 0.3) is 0 Å². The molecule has 1 aromatic carbocycles. The van der Waals surface area contributed by atoms with Gasteiger partial charge in [-0.25, -0.2) is 4.39 Å². The van der Waals surface area contributed by atoms with Gasteiger partial charge in [0.05, 0.1) is 12.1 Å². The van der Waals surface area contributed by atoms with E-state index in [-0.39, 0.29) is 36.9 Å². The fraction of sp³-hybridized carbons (Fsp3) is 0.588. The summed E-state index contributed by atoms with van der Waals surface area (Å²) in [5.74, 6) is -0.299. The van der Waals surface area contributed by atoms with E-state index in [4.69, 9.17) is 4.74 Å². The predicted molar refractivity (Wildman–Crippen MR) is 79.0 cm³/mol. The Bertz CT molecular complexity index is 613. The van der Waals surface area contributed by atoms with Crippen LogP contribution in [0.2, 0.25) is 0 Å². The number of hydrogen-bond acceptors (Lipinski definition) is 2. The molecule has 0 aliphatic carbocycles. The Labute approximate surface area is 137 Å². The normalized spacial score (nSPS) is 25.9. The summed E-state index contributed by atoms with van der Waals surface area (Å²) in [6.45, 7) is 1.06. The Hall–Kier alpha value is -1.63. The van der Waals surface area contributed by atoms with Crippen LogP contribution in [0.3, 0.4) is 0 Å². The Kier molecular flexibility index (Phi) is 4.55. The molecule has 0 bridgehead atoms. The minimum atomic E-state index is -4.51. The summed E-state index contributed by atoms with van der Waals surface area (Å²) >= 11 is 0. The summed E-state index contributed by atoms with van der Waals surface area (Å²) in [5.41, 5.74) is -2.81. The SMILES string of the molecule is O=C(C1CCOCC1)N1CCC(F)(c2cccc(C(F)(F)F)c2)C1. The van der Waals surface area contributed by atoms with Crippen LogP contribution in [0.5, 0.6) is 0 Å². The second-order valence-electron chi connectivity index (χ2n) is 6.44. The molecule has 0 N–H and O–H groups in total. The average Bonchev–Trinajstić information content (AvgIpc) is 2.98. The summed E-state index contributed by atoms with van der Waals surface area (Å²) in [5, 5.41) is 0. The van der Waals surface area contributed by atoms with Gasteiger partial charge in [0.15, 0.2) is 5.67 Å². The van der Waals surface area contributed by atoms with Crippen LogP contribution < -0.4 is 0 Å². The van der Waals surface area contributed by atoms with Crippen LogP contribution >= 0.6 is 0 Å². The van der Waals surface area contributed by atoms with Gasteiger partial charge < -0.3 is 9.64 Å². The first-order chi connectivity index (χ1) is 11.3. The first kappa shape index (κ1) is 17.2. The maximum absolute atomic E-state index is 15.2. The first-order valence-corrected chi connectivity index (χ1v) is 8.03. The Balaban J connectivity index is 1.74. The van der Waals surface area contributed by atoms with Crippen LogP contribution in [-0.2, 0) is 21.4 Å². The van der Waals surface area contributed by atoms with Gasteiger partial charge in [-0.1, -0.05) is 12.1 Å². The van der Waals surface area contributed by atoms with Gasteiger partial charge in [0.1, 0.15) is 0 Å². The standard InChI is InChI=1S/C17H19F4NO2/c18-16(13-2-1-3-14(10-13)17(19,20)21)6-7-22(11-16)15(23)12-4-8-24-9-5-12/h1-3,10,12H,4-9,11H2. The number of likely N-dealkylation sites (tertiary alicyclic amines) is 1. The zero-order chi connectivity index (χ0) is 17.4. The Morgan fingerprint density at radius 3 is 2.62 bits per heavy atom. The van der Waals surface area contributed by atoms with E-state index < -0.39 is 17.4 Å². The van der Waals surface area contributed by atoms with Crippen molar-refractivity contribution < 1.29 is 27.1 Å². The van der Waals surface area contributed by atoms with Crippen LogP contribution in [0.4, 0.5) is 17.6 Å². The average molecular weight is 345 g/mol. The highest BCUT2D eigenvalue weighted by atomic mass is 19.4. The summed E-state index contributed by atoms with van der Waals surface area (Å²) in [4.78, 5) is 13.9. The lowest BCUT2D eigenvalue weighted by atomic mass is 9.93. The van der Waals surface area contributed by atoms with Crippen molar-refractivity contribution in [2.75, 3.05) is 26.3 Å². The monoisotopic (exact) mass is 345 g/mol. The summed E-state index contributed by atoms with van der Waals surface area (Å²) in [7, 11) is 0. The van der Waals surface area contributed by atoms with Crippen LogP contribution in [0, 0.1) is 5.92 Å². The first-order valence-electron chi connectivity index (χ1n) is 8.03. The fourth-order valence-electron chi connectivity index (χ4n) is 3.37. The van der Waals surface area contributed by atoms with Crippen molar-refractivity contribution in [1.29, 1.82) is 0 Å². The van der Waals surface area contributed by atoms with Crippen molar-refractivity contribution >= 4 is 5.91 Å². The zero-order valence-electron chi connectivity index (χ0n) is 13.1. The molecule has 1 unspecified atom stereocenters. The molecule has 1 atom stereocenters. The van der Waals surface area contributed by atoms with E-state index in [9.17, 15) is 18.0 Å². The van der Waals surface area contributed by atoms with Crippen molar-refractivity contribution in [1.82, 2.24) is 4.90 Å². The lowest BCUT2D eigenvalue weighted by molar-refractivity contribution is -0.139. The molecular formula is C17H19F4NO2. The van der Waals surface area contributed by atoms with E-state index in [1.54, 1.807) is 0 Å². The van der Waals surface area contributed by atoms with Crippen molar-refractivity contribution in [3.05, 3.63) is 35.4 Å². The van der Waals surface area contributed by atoms with Gasteiger partial charge in [0, 0.05) is 32.1 Å². The van der Waals surface area contributed by atoms with E-state index in [2.05, 4.69) is 0 Å². The predicted octanol–water partition coefficient (Wildman–Crippen LogP) is 3.53. The van der Waals surface area contributed by atoms with Crippen molar-refractivity contribution in [3.8, 4) is 0 Å². The molecule has 3 rings (SSSR count). The summed E-state index contributed by atoms with van der Waals surface area (Å²) in [6, 6.07) is 4.34. The van der Waals surface area contributed by atoms with Crippen LogP contribution in [0.15, 0.2) is 24.3 Å². The number of carbonyl (C=O) groups excluding carboxylic acids is 1. The van der Waals surface area contributed by atoms with Crippen molar-refractivity contribution in [3.63, 3.8) is 0 Å². The molecule has 132 valence electrons. The van der Waals surface area contributed by atoms with E-state index in [0.717, 1.165) is 12.1 Å². The molecule has 2 aliphatic rings. The van der Waals surface area contributed by atoms with E-state index in [1.807, 2.05) is 0 Å². The Morgan fingerprint density at radius 2 is 1.96 bits per heavy atom. The number of hydrogen-bond donors (Lipinski definition) is 0. The number of carbonyl (C=O) groups is 1. The molecule has 0 spiro atoms. The molecule has 2 saturated heterocycles. The molecule has 1 aromatic rings. The van der Waals surface area contributed by atoms with Gasteiger partial charge in [-0.05, 0) is 30.5 Å². The van der Waals surface area contributed by atoms with Crippen molar-refractivity contribution in [2.24, 2.45) is 5.92 Å². The molecule has 1 amide bonds. The smallest absolute Gasteiger partial charge is 0.381 e. The topological polar surface area (TPSA) is 29.5 Å². The highest BCUT2D eigenvalue weighted by molar-refractivity contribution is 5.79. The number of rotatable bonds is 2. The molecule has 2 aliphatic heterocycles.